The lowest BCUT2D eigenvalue weighted by Gasteiger charge is -2.09. The van der Waals surface area contributed by atoms with Crippen molar-refractivity contribution in [1.82, 2.24) is 4.98 Å². The first-order valence-corrected chi connectivity index (χ1v) is 7.24. The zero-order valence-electron chi connectivity index (χ0n) is 11.9. The molecule has 0 spiro atoms. The third kappa shape index (κ3) is 4.44. The molecule has 0 atom stereocenters. The number of rotatable bonds is 7. The molecular weight excluding hydrogens is 274 g/mol. The lowest BCUT2D eigenvalue weighted by atomic mass is 10.2. The van der Waals surface area contributed by atoms with E-state index < -0.39 is 0 Å². The third-order valence-corrected chi connectivity index (χ3v) is 3.16. The zero-order valence-corrected chi connectivity index (χ0v) is 12.7. The van der Waals surface area contributed by atoms with Gasteiger partial charge in [-0.25, -0.2) is 4.98 Å². The Morgan fingerprint density at radius 2 is 1.90 bits per heavy atom. The van der Waals surface area contributed by atoms with Gasteiger partial charge in [0.25, 0.3) is 0 Å². The van der Waals surface area contributed by atoms with E-state index in [0.29, 0.717) is 30.9 Å². The molecule has 1 heterocycles. The SMILES string of the molecule is CC(C)COCCOCc1cc2ccccc2nc1Cl. The van der Waals surface area contributed by atoms with Gasteiger partial charge in [-0.2, -0.15) is 0 Å². The highest BCUT2D eigenvalue weighted by atomic mass is 35.5. The van der Waals surface area contributed by atoms with E-state index in [0.717, 1.165) is 23.1 Å². The largest absolute Gasteiger partial charge is 0.379 e. The fourth-order valence-electron chi connectivity index (χ4n) is 1.86. The number of ether oxygens (including phenoxy) is 2. The van der Waals surface area contributed by atoms with Crippen LogP contribution in [0.2, 0.25) is 5.15 Å². The van der Waals surface area contributed by atoms with Crippen LogP contribution in [0.15, 0.2) is 30.3 Å². The van der Waals surface area contributed by atoms with E-state index >= 15 is 0 Å². The molecule has 0 amide bonds. The predicted molar refractivity (Wildman–Crippen MR) is 82.1 cm³/mol. The van der Waals surface area contributed by atoms with Crippen molar-refractivity contribution < 1.29 is 9.47 Å². The Morgan fingerprint density at radius 1 is 1.15 bits per heavy atom. The van der Waals surface area contributed by atoms with Crippen molar-refractivity contribution >= 4 is 22.5 Å². The maximum absolute atomic E-state index is 6.16. The minimum atomic E-state index is 0.460. The van der Waals surface area contributed by atoms with Crippen LogP contribution in [-0.4, -0.2) is 24.8 Å². The molecule has 108 valence electrons. The Bertz CT molecular complexity index is 557. The Hall–Kier alpha value is -1.16. The fourth-order valence-corrected chi connectivity index (χ4v) is 2.06. The van der Waals surface area contributed by atoms with Gasteiger partial charge in [0.2, 0.25) is 0 Å². The average molecular weight is 294 g/mol. The van der Waals surface area contributed by atoms with Crippen LogP contribution in [0.1, 0.15) is 19.4 Å². The van der Waals surface area contributed by atoms with Crippen LogP contribution < -0.4 is 0 Å². The molecule has 0 aliphatic rings. The summed E-state index contributed by atoms with van der Waals surface area (Å²) in [6, 6.07) is 9.94. The Morgan fingerprint density at radius 3 is 2.70 bits per heavy atom. The normalized spacial score (nSPS) is 11.4. The number of hydrogen-bond donors (Lipinski definition) is 0. The molecule has 0 aliphatic carbocycles. The molecule has 0 unspecified atom stereocenters. The molecule has 0 saturated heterocycles. The number of hydrogen-bond acceptors (Lipinski definition) is 3. The van der Waals surface area contributed by atoms with Crippen LogP contribution in [-0.2, 0) is 16.1 Å². The van der Waals surface area contributed by atoms with Gasteiger partial charge in [0.1, 0.15) is 5.15 Å². The van der Waals surface area contributed by atoms with Crippen LogP contribution in [0, 0.1) is 5.92 Å². The predicted octanol–water partition coefficient (Wildman–Crippen LogP) is 4.08. The molecule has 3 nitrogen and oxygen atoms in total. The van der Waals surface area contributed by atoms with E-state index in [1.165, 1.54) is 0 Å². The summed E-state index contributed by atoms with van der Waals surface area (Å²) >= 11 is 6.16. The molecule has 0 radical (unpaired) electrons. The first-order chi connectivity index (χ1) is 9.66. The molecule has 4 heteroatoms. The number of nitrogens with zero attached hydrogens (tertiary/aromatic N) is 1. The average Bonchev–Trinajstić information content (AvgIpc) is 2.42. The standard InChI is InChI=1S/C16H20ClNO2/c1-12(2)10-19-7-8-20-11-14-9-13-5-3-4-6-15(13)18-16(14)17/h3-6,9,12H,7-8,10-11H2,1-2H3. The second kappa shape index (κ2) is 7.58. The summed E-state index contributed by atoms with van der Waals surface area (Å²) in [6.07, 6.45) is 0. The molecule has 20 heavy (non-hydrogen) atoms. The van der Waals surface area contributed by atoms with E-state index in [1.807, 2.05) is 30.3 Å². The lowest BCUT2D eigenvalue weighted by molar-refractivity contribution is 0.0314. The van der Waals surface area contributed by atoms with E-state index in [9.17, 15) is 0 Å². The van der Waals surface area contributed by atoms with Crippen LogP contribution in [0.4, 0.5) is 0 Å². The Kier molecular flexibility index (Phi) is 5.77. The van der Waals surface area contributed by atoms with Crippen LogP contribution in [0.3, 0.4) is 0 Å². The molecule has 0 saturated carbocycles. The van der Waals surface area contributed by atoms with Gasteiger partial charge in [0.05, 0.1) is 25.3 Å². The van der Waals surface area contributed by atoms with Gasteiger partial charge < -0.3 is 9.47 Å². The van der Waals surface area contributed by atoms with Crippen molar-refractivity contribution in [2.75, 3.05) is 19.8 Å². The Labute approximate surface area is 124 Å². The maximum atomic E-state index is 6.16. The first-order valence-electron chi connectivity index (χ1n) is 6.86. The van der Waals surface area contributed by atoms with Gasteiger partial charge in [-0.3, -0.25) is 0 Å². The van der Waals surface area contributed by atoms with Crippen molar-refractivity contribution in [1.29, 1.82) is 0 Å². The fraction of sp³-hybridized carbons (Fsp3) is 0.438. The zero-order chi connectivity index (χ0) is 14.4. The Balaban J connectivity index is 1.85. The second-order valence-corrected chi connectivity index (χ2v) is 5.51. The van der Waals surface area contributed by atoms with Gasteiger partial charge in [-0.1, -0.05) is 43.6 Å². The molecule has 0 bridgehead atoms. The molecule has 0 N–H and O–H groups in total. The number of para-hydroxylation sites is 1. The molecule has 2 aromatic rings. The second-order valence-electron chi connectivity index (χ2n) is 5.15. The van der Waals surface area contributed by atoms with Crippen LogP contribution in [0.5, 0.6) is 0 Å². The summed E-state index contributed by atoms with van der Waals surface area (Å²) in [7, 11) is 0. The minimum Gasteiger partial charge on any atom is -0.379 e. The number of halogens is 1. The quantitative estimate of drug-likeness (QED) is 0.569. The summed E-state index contributed by atoms with van der Waals surface area (Å²) in [5, 5.41) is 1.58. The van der Waals surface area contributed by atoms with Crippen molar-refractivity contribution in [3.63, 3.8) is 0 Å². The molecule has 2 rings (SSSR count). The highest BCUT2D eigenvalue weighted by Gasteiger charge is 2.05. The maximum Gasteiger partial charge on any atom is 0.135 e. The van der Waals surface area contributed by atoms with Gasteiger partial charge in [0.15, 0.2) is 0 Å². The van der Waals surface area contributed by atoms with E-state index in [1.54, 1.807) is 0 Å². The monoisotopic (exact) mass is 293 g/mol. The topological polar surface area (TPSA) is 31.4 Å². The molecule has 1 aromatic heterocycles. The molecule has 1 aromatic carbocycles. The molecular formula is C16H20ClNO2. The van der Waals surface area contributed by atoms with Gasteiger partial charge in [-0.15, -0.1) is 0 Å². The van der Waals surface area contributed by atoms with Gasteiger partial charge in [0, 0.05) is 17.6 Å². The highest BCUT2D eigenvalue weighted by molar-refractivity contribution is 6.30. The van der Waals surface area contributed by atoms with Crippen molar-refractivity contribution in [3.8, 4) is 0 Å². The first kappa shape index (κ1) is 15.2. The summed E-state index contributed by atoms with van der Waals surface area (Å²) in [5.41, 5.74) is 1.82. The highest BCUT2D eigenvalue weighted by Crippen LogP contribution is 2.20. The summed E-state index contributed by atoms with van der Waals surface area (Å²) in [4.78, 5) is 4.37. The van der Waals surface area contributed by atoms with E-state index in [-0.39, 0.29) is 0 Å². The van der Waals surface area contributed by atoms with Crippen molar-refractivity contribution in [3.05, 3.63) is 41.0 Å². The van der Waals surface area contributed by atoms with E-state index in [4.69, 9.17) is 21.1 Å². The third-order valence-electron chi connectivity index (χ3n) is 2.83. The summed E-state index contributed by atoms with van der Waals surface area (Å²) in [6.45, 7) is 6.65. The van der Waals surface area contributed by atoms with Crippen molar-refractivity contribution in [2.24, 2.45) is 5.92 Å². The van der Waals surface area contributed by atoms with Crippen LogP contribution in [0.25, 0.3) is 10.9 Å². The molecule has 0 fully saturated rings. The van der Waals surface area contributed by atoms with Gasteiger partial charge >= 0.3 is 0 Å². The van der Waals surface area contributed by atoms with E-state index in [2.05, 4.69) is 18.8 Å². The summed E-state index contributed by atoms with van der Waals surface area (Å²) in [5.74, 6) is 0.550. The number of aromatic nitrogens is 1. The van der Waals surface area contributed by atoms with Gasteiger partial charge in [-0.05, 0) is 18.1 Å². The minimum absolute atomic E-state index is 0.460. The lowest BCUT2D eigenvalue weighted by Crippen LogP contribution is -2.08. The number of benzene rings is 1. The number of pyridine rings is 1. The summed E-state index contributed by atoms with van der Waals surface area (Å²) < 4.78 is 11.0. The van der Waals surface area contributed by atoms with Crippen molar-refractivity contribution in [2.45, 2.75) is 20.5 Å². The number of fused-ring (bicyclic) bond motifs is 1. The molecule has 0 aliphatic heterocycles. The smallest absolute Gasteiger partial charge is 0.135 e. The van der Waals surface area contributed by atoms with Crippen LogP contribution >= 0.6 is 11.6 Å².